The zero-order valence-electron chi connectivity index (χ0n) is 19.7. The smallest absolute Gasteiger partial charge is 0.232 e. The van der Waals surface area contributed by atoms with E-state index in [1.165, 1.54) is 0 Å². The third-order valence-corrected chi connectivity index (χ3v) is 5.51. The number of rotatable bonds is 8. The predicted octanol–water partition coefficient (Wildman–Crippen LogP) is 3.35. The van der Waals surface area contributed by atoms with Crippen molar-refractivity contribution in [2.45, 2.75) is 19.4 Å². The van der Waals surface area contributed by atoms with Gasteiger partial charge in [-0.1, -0.05) is 42.5 Å². The summed E-state index contributed by atoms with van der Waals surface area (Å²) in [5, 5.41) is 3.41. The number of nitrogens with zero attached hydrogens (tertiary/aromatic N) is 3. The number of carbonyl (C=O) groups is 1. The molecule has 2 aromatic carbocycles. The first-order chi connectivity index (χ1) is 15.6. The fourth-order valence-corrected chi connectivity index (χ4v) is 3.82. The quantitative estimate of drug-likeness (QED) is 0.302. The van der Waals surface area contributed by atoms with E-state index in [2.05, 4.69) is 27.3 Å². The zero-order chi connectivity index (χ0) is 22.8. The normalized spacial score (nSPS) is 14.8. The van der Waals surface area contributed by atoms with Crippen molar-refractivity contribution in [3.05, 3.63) is 65.7 Å². The molecule has 33 heavy (non-hydrogen) atoms. The molecule has 1 unspecified atom stereocenters. The molecule has 1 atom stereocenters. The molecule has 1 heterocycles. The van der Waals surface area contributed by atoms with Gasteiger partial charge >= 0.3 is 0 Å². The van der Waals surface area contributed by atoms with Crippen molar-refractivity contribution in [1.29, 1.82) is 0 Å². The van der Waals surface area contributed by atoms with Gasteiger partial charge in [-0.3, -0.25) is 9.79 Å². The Morgan fingerprint density at radius 2 is 1.82 bits per heavy atom. The van der Waals surface area contributed by atoms with E-state index in [9.17, 15) is 4.79 Å². The summed E-state index contributed by atoms with van der Waals surface area (Å²) < 4.78 is 10.9. The number of guanidine groups is 1. The molecule has 7 nitrogen and oxygen atoms in total. The molecule has 1 N–H and O–H groups in total. The highest BCUT2D eigenvalue weighted by Gasteiger charge is 2.27. The van der Waals surface area contributed by atoms with E-state index in [4.69, 9.17) is 9.47 Å². The molecule has 2 aromatic rings. The first-order valence-corrected chi connectivity index (χ1v) is 11.2. The molecule has 3 rings (SSSR count). The van der Waals surface area contributed by atoms with Crippen LogP contribution in [0.25, 0.3) is 0 Å². The molecular formula is C25H35IN4O3. The number of hydrogen-bond donors (Lipinski definition) is 1. The third-order valence-electron chi connectivity index (χ3n) is 5.51. The van der Waals surface area contributed by atoms with Crippen molar-refractivity contribution in [3.8, 4) is 5.75 Å². The number of halogens is 1. The van der Waals surface area contributed by atoms with E-state index in [0.29, 0.717) is 46.0 Å². The van der Waals surface area contributed by atoms with Crippen LogP contribution in [0.15, 0.2) is 59.6 Å². The third kappa shape index (κ3) is 7.89. The Morgan fingerprint density at radius 3 is 2.42 bits per heavy atom. The fourth-order valence-electron chi connectivity index (χ4n) is 3.82. The molecule has 8 heteroatoms. The van der Waals surface area contributed by atoms with Crippen molar-refractivity contribution in [2.24, 2.45) is 4.99 Å². The molecule has 0 spiro atoms. The van der Waals surface area contributed by atoms with Crippen molar-refractivity contribution < 1.29 is 14.3 Å². The maximum Gasteiger partial charge on any atom is 0.232 e. The summed E-state index contributed by atoms with van der Waals surface area (Å²) in [6.07, 6.45) is 0. The second-order valence-corrected chi connectivity index (χ2v) is 7.76. The Labute approximate surface area is 214 Å². The topological polar surface area (TPSA) is 66.4 Å². The lowest BCUT2D eigenvalue weighted by Crippen LogP contribution is -2.47. The van der Waals surface area contributed by atoms with Crippen LogP contribution in [-0.4, -0.2) is 75.2 Å². The van der Waals surface area contributed by atoms with Crippen LogP contribution in [0.4, 0.5) is 0 Å². The summed E-state index contributed by atoms with van der Waals surface area (Å²) in [7, 11) is 3.76. The van der Waals surface area contributed by atoms with Crippen LogP contribution in [0, 0.1) is 0 Å². The second-order valence-electron chi connectivity index (χ2n) is 7.76. The summed E-state index contributed by atoms with van der Waals surface area (Å²) in [4.78, 5) is 21.7. The van der Waals surface area contributed by atoms with Gasteiger partial charge in [-0.2, -0.15) is 0 Å². The number of benzene rings is 2. The van der Waals surface area contributed by atoms with Crippen LogP contribution in [-0.2, 0) is 16.1 Å². The number of amides is 1. The molecule has 1 fully saturated rings. The maximum absolute atomic E-state index is 13.3. The van der Waals surface area contributed by atoms with Gasteiger partial charge in [0.2, 0.25) is 5.91 Å². The fraction of sp³-hybridized carbons (Fsp3) is 0.440. The van der Waals surface area contributed by atoms with Gasteiger partial charge in [-0.15, -0.1) is 24.0 Å². The minimum atomic E-state index is -0.287. The van der Waals surface area contributed by atoms with Gasteiger partial charge in [0.05, 0.1) is 25.7 Å². The number of aliphatic imine (C=N–C) groups is 1. The Balaban J connectivity index is 0.00000385. The first-order valence-electron chi connectivity index (χ1n) is 11.2. The van der Waals surface area contributed by atoms with E-state index < -0.39 is 0 Å². The molecule has 0 radical (unpaired) electrons. The second kappa shape index (κ2) is 14.0. The first kappa shape index (κ1) is 26.9. The largest absolute Gasteiger partial charge is 0.494 e. The van der Waals surface area contributed by atoms with Crippen LogP contribution >= 0.6 is 24.0 Å². The van der Waals surface area contributed by atoms with Crippen molar-refractivity contribution >= 4 is 35.8 Å². The zero-order valence-corrected chi connectivity index (χ0v) is 22.0. The van der Waals surface area contributed by atoms with E-state index in [0.717, 1.165) is 22.8 Å². The Bertz CT molecular complexity index is 871. The Hall–Kier alpha value is -2.33. The molecule has 0 aliphatic carbocycles. The molecule has 1 amide bonds. The van der Waals surface area contributed by atoms with Gasteiger partial charge in [0.1, 0.15) is 5.75 Å². The lowest BCUT2D eigenvalue weighted by atomic mass is 9.97. The van der Waals surface area contributed by atoms with Crippen LogP contribution in [0.1, 0.15) is 24.0 Å². The van der Waals surface area contributed by atoms with Crippen LogP contribution in [0.5, 0.6) is 5.75 Å². The van der Waals surface area contributed by atoms with Crippen LogP contribution in [0.3, 0.4) is 0 Å². The molecule has 1 saturated heterocycles. The Kier molecular flexibility index (Phi) is 11.5. The molecule has 1 aliphatic heterocycles. The summed E-state index contributed by atoms with van der Waals surface area (Å²) in [6, 6.07) is 18.0. The molecule has 0 bridgehead atoms. The highest BCUT2D eigenvalue weighted by molar-refractivity contribution is 14.0. The van der Waals surface area contributed by atoms with Gasteiger partial charge in [0.25, 0.3) is 0 Å². The molecule has 1 aliphatic rings. The number of nitrogens with one attached hydrogen (secondary N) is 1. The summed E-state index contributed by atoms with van der Waals surface area (Å²) in [6.45, 7) is 6.24. The highest BCUT2D eigenvalue weighted by atomic mass is 127. The van der Waals surface area contributed by atoms with E-state index in [1.807, 2.05) is 61.3 Å². The minimum Gasteiger partial charge on any atom is -0.494 e. The number of carbonyl (C=O) groups excluding carboxylic acids is 1. The lowest BCUT2D eigenvalue weighted by Gasteiger charge is -2.31. The van der Waals surface area contributed by atoms with Crippen molar-refractivity contribution in [2.75, 3.05) is 53.6 Å². The summed E-state index contributed by atoms with van der Waals surface area (Å²) in [5.41, 5.74) is 2.16. The number of morpholine rings is 1. The van der Waals surface area contributed by atoms with Crippen LogP contribution in [0.2, 0.25) is 0 Å². The van der Waals surface area contributed by atoms with Gasteiger partial charge in [-0.05, 0) is 30.2 Å². The molecular weight excluding hydrogens is 531 g/mol. The number of ether oxygens (including phenoxy) is 2. The molecule has 0 aromatic heterocycles. The molecule has 180 valence electrons. The van der Waals surface area contributed by atoms with Gasteiger partial charge in [0.15, 0.2) is 5.96 Å². The van der Waals surface area contributed by atoms with Gasteiger partial charge < -0.3 is 24.6 Å². The number of hydrogen-bond acceptors (Lipinski definition) is 4. The minimum absolute atomic E-state index is 0. The van der Waals surface area contributed by atoms with E-state index in [1.54, 1.807) is 7.05 Å². The van der Waals surface area contributed by atoms with Gasteiger partial charge in [-0.25, -0.2) is 0 Å². The van der Waals surface area contributed by atoms with Gasteiger partial charge in [0, 0.05) is 40.3 Å². The maximum atomic E-state index is 13.3. The van der Waals surface area contributed by atoms with E-state index in [-0.39, 0.29) is 35.8 Å². The SMILES string of the molecule is CCOc1ccc(CN(C)C(=NC)NCC(C(=O)N2CCOCC2)c2ccccc2)cc1.I. The molecule has 0 saturated carbocycles. The standard InChI is InChI=1S/C25H34N4O3.HI/c1-4-32-22-12-10-20(11-13-22)19-28(3)25(26-2)27-18-23(21-8-6-5-7-9-21)24(30)29-14-16-31-17-15-29;/h5-13,23H,4,14-19H2,1-3H3,(H,26,27);1H. The summed E-state index contributed by atoms with van der Waals surface area (Å²) in [5.74, 6) is 1.45. The Morgan fingerprint density at radius 1 is 1.15 bits per heavy atom. The van der Waals surface area contributed by atoms with Crippen molar-refractivity contribution in [1.82, 2.24) is 15.1 Å². The van der Waals surface area contributed by atoms with Crippen LogP contribution < -0.4 is 10.1 Å². The average Bonchev–Trinajstić information content (AvgIpc) is 2.84. The van der Waals surface area contributed by atoms with Crippen molar-refractivity contribution in [3.63, 3.8) is 0 Å². The average molecular weight is 566 g/mol. The highest BCUT2D eigenvalue weighted by Crippen LogP contribution is 2.19. The monoisotopic (exact) mass is 566 g/mol. The van der Waals surface area contributed by atoms with E-state index >= 15 is 0 Å². The predicted molar refractivity (Wildman–Crippen MR) is 142 cm³/mol. The summed E-state index contributed by atoms with van der Waals surface area (Å²) >= 11 is 0. The lowest BCUT2D eigenvalue weighted by molar-refractivity contribution is -0.136.